The van der Waals surface area contributed by atoms with Crippen LogP contribution in [0.3, 0.4) is 0 Å². The van der Waals surface area contributed by atoms with E-state index in [1.807, 2.05) is 36.8 Å². The van der Waals surface area contributed by atoms with Crippen LogP contribution in [0.25, 0.3) is 11.3 Å². The molecule has 0 spiro atoms. The van der Waals surface area contributed by atoms with Gasteiger partial charge in [0.2, 0.25) is 0 Å². The lowest BCUT2D eigenvalue weighted by molar-refractivity contribution is 0.598. The summed E-state index contributed by atoms with van der Waals surface area (Å²) in [5.41, 5.74) is 2.30. The van der Waals surface area contributed by atoms with Crippen molar-refractivity contribution >= 4 is 11.6 Å². The molecule has 18 heavy (non-hydrogen) atoms. The second-order valence-corrected chi connectivity index (χ2v) is 5.14. The van der Waals surface area contributed by atoms with Crippen molar-refractivity contribution in [2.75, 3.05) is 6.54 Å². The molecule has 1 aromatic carbocycles. The van der Waals surface area contributed by atoms with Gasteiger partial charge in [0.25, 0.3) is 0 Å². The maximum atomic E-state index is 5.91. The normalized spacial score (nSPS) is 14.9. The predicted octanol–water partition coefficient (Wildman–Crippen LogP) is 2.96. The van der Waals surface area contributed by atoms with Gasteiger partial charge in [-0.2, -0.15) is 0 Å². The molecular weight excluding hydrogens is 246 g/mol. The monoisotopic (exact) mass is 261 g/mol. The minimum absolute atomic E-state index is 0.757. The highest BCUT2D eigenvalue weighted by molar-refractivity contribution is 6.30. The molecule has 0 radical (unpaired) electrons. The molecule has 2 aromatic rings. The van der Waals surface area contributed by atoms with Crippen molar-refractivity contribution in [2.24, 2.45) is 0 Å². The topological polar surface area (TPSA) is 29.9 Å². The van der Waals surface area contributed by atoms with E-state index < -0.39 is 0 Å². The van der Waals surface area contributed by atoms with Gasteiger partial charge in [0.1, 0.15) is 0 Å². The van der Waals surface area contributed by atoms with Crippen LogP contribution in [-0.4, -0.2) is 22.1 Å². The Hall–Kier alpha value is -1.32. The lowest BCUT2D eigenvalue weighted by Crippen LogP contribution is -2.21. The van der Waals surface area contributed by atoms with Gasteiger partial charge in [0, 0.05) is 24.2 Å². The number of halogens is 1. The molecule has 3 nitrogen and oxygen atoms in total. The Kier molecular flexibility index (Phi) is 3.35. The van der Waals surface area contributed by atoms with Crippen molar-refractivity contribution in [1.82, 2.24) is 14.9 Å². The summed E-state index contributed by atoms with van der Waals surface area (Å²) < 4.78 is 2.18. The largest absolute Gasteiger partial charge is 0.329 e. The number of hydrogen-bond acceptors (Lipinski definition) is 2. The summed E-state index contributed by atoms with van der Waals surface area (Å²) in [5.74, 6) is 0. The zero-order valence-corrected chi connectivity index (χ0v) is 10.9. The van der Waals surface area contributed by atoms with Gasteiger partial charge in [-0.1, -0.05) is 23.7 Å². The molecule has 0 aliphatic heterocycles. The van der Waals surface area contributed by atoms with Crippen LogP contribution >= 0.6 is 11.6 Å². The second kappa shape index (κ2) is 5.12. The van der Waals surface area contributed by atoms with Crippen LogP contribution in [-0.2, 0) is 6.54 Å². The van der Waals surface area contributed by atoms with E-state index in [9.17, 15) is 0 Å². The number of benzene rings is 1. The van der Waals surface area contributed by atoms with E-state index in [0.29, 0.717) is 0 Å². The summed E-state index contributed by atoms with van der Waals surface area (Å²) in [6, 6.07) is 8.65. The first-order valence-electron chi connectivity index (χ1n) is 6.32. The first-order valence-corrected chi connectivity index (χ1v) is 6.70. The van der Waals surface area contributed by atoms with Crippen molar-refractivity contribution in [3.8, 4) is 11.3 Å². The lowest BCUT2D eigenvalue weighted by atomic mass is 10.2. The van der Waals surface area contributed by atoms with Gasteiger partial charge in [-0.25, -0.2) is 4.98 Å². The summed E-state index contributed by atoms with van der Waals surface area (Å²) in [4.78, 5) is 4.24. The third-order valence-electron chi connectivity index (χ3n) is 3.22. The van der Waals surface area contributed by atoms with E-state index in [0.717, 1.165) is 35.4 Å². The number of rotatable bonds is 5. The Balaban J connectivity index is 1.71. The smallest absolute Gasteiger partial charge is 0.0951 e. The molecular formula is C14H16ClN3. The molecule has 1 aromatic heterocycles. The Bertz CT molecular complexity index is 514. The van der Waals surface area contributed by atoms with Gasteiger partial charge in [0.15, 0.2) is 0 Å². The Morgan fingerprint density at radius 3 is 2.78 bits per heavy atom. The summed E-state index contributed by atoms with van der Waals surface area (Å²) >= 11 is 5.91. The lowest BCUT2D eigenvalue weighted by Gasteiger charge is -2.09. The highest BCUT2D eigenvalue weighted by atomic mass is 35.5. The third-order valence-corrected chi connectivity index (χ3v) is 3.47. The molecule has 0 atom stereocenters. The van der Waals surface area contributed by atoms with E-state index in [2.05, 4.69) is 14.9 Å². The van der Waals surface area contributed by atoms with Crippen LogP contribution in [0, 0.1) is 0 Å². The maximum Gasteiger partial charge on any atom is 0.0951 e. The van der Waals surface area contributed by atoms with E-state index in [1.54, 1.807) is 0 Å². The SMILES string of the molecule is Clc1ccc(-c2cncn2CCNC2CC2)cc1. The molecule has 0 saturated heterocycles. The van der Waals surface area contributed by atoms with E-state index in [1.165, 1.54) is 12.8 Å². The number of nitrogens with one attached hydrogen (secondary N) is 1. The van der Waals surface area contributed by atoms with Crippen molar-refractivity contribution in [1.29, 1.82) is 0 Å². The summed E-state index contributed by atoms with van der Waals surface area (Å²) in [6.45, 7) is 1.95. The van der Waals surface area contributed by atoms with Gasteiger partial charge in [-0.05, 0) is 30.5 Å². The van der Waals surface area contributed by atoms with E-state index >= 15 is 0 Å². The fourth-order valence-electron chi connectivity index (χ4n) is 2.04. The van der Waals surface area contributed by atoms with Crippen LogP contribution in [0.1, 0.15) is 12.8 Å². The molecule has 94 valence electrons. The zero-order chi connectivity index (χ0) is 12.4. The molecule has 1 saturated carbocycles. The number of nitrogens with zero attached hydrogens (tertiary/aromatic N) is 2. The molecule has 1 fully saturated rings. The summed E-state index contributed by atoms with van der Waals surface area (Å²) in [7, 11) is 0. The van der Waals surface area contributed by atoms with Crippen LogP contribution in [0.2, 0.25) is 5.02 Å². The first kappa shape index (κ1) is 11.8. The van der Waals surface area contributed by atoms with Crippen LogP contribution < -0.4 is 5.32 Å². The second-order valence-electron chi connectivity index (χ2n) is 4.71. The van der Waals surface area contributed by atoms with Gasteiger partial charge < -0.3 is 9.88 Å². The molecule has 0 bridgehead atoms. The Labute approximate surface area is 112 Å². The maximum absolute atomic E-state index is 5.91. The minimum Gasteiger partial charge on any atom is -0.329 e. The molecule has 0 amide bonds. The highest BCUT2D eigenvalue weighted by Crippen LogP contribution is 2.21. The Morgan fingerprint density at radius 1 is 1.28 bits per heavy atom. The Morgan fingerprint density at radius 2 is 2.06 bits per heavy atom. The van der Waals surface area contributed by atoms with Gasteiger partial charge in [-0.3, -0.25) is 0 Å². The van der Waals surface area contributed by atoms with Crippen LogP contribution in [0.5, 0.6) is 0 Å². The van der Waals surface area contributed by atoms with Crippen molar-refractivity contribution in [2.45, 2.75) is 25.4 Å². The summed E-state index contributed by atoms with van der Waals surface area (Å²) in [5, 5.41) is 4.28. The van der Waals surface area contributed by atoms with Gasteiger partial charge in [-0.15, -0.1) is 0 Å². The standard InChI is InChI=1S/C14H16ClN3/c15-12-3-1-11(2-4-12)14-9-16-10-18(14)8-7-17-13-5-6-13/h1-4,9-10,13,17H,5-8H2. The average Bonchev–Trinajstić information content (AvgIpc) is 3.08. The van der Waals surface area contributed by atoms with Crippen LogP contribution in [0.15, 0.2) is 36.8 Å². The molecule has 3 rings (SSSR count). The van der Waals surface area contributed by atoms with E-state index in [-0.39, 0.29) is 0 Å². The summed E-state index contributed by atoms with van der Waals surface area (Å²) in [6.07, 6.45) is 6.45. The molecule has 1 N–H and O–H groups in total. The predicted molar refractivity (Wildman–Crippen MR) is 73.7 cm³/mol. The number of imidazole rings is 1. The number of aromatic nitrogens is 2. The molecule has 0 unspecified atom stereocenters. The minimum atomic E-state index is 0.757. The van der Waals surface area contributed by atoms with Crippen LogP contribution in [0.4, 0.5) is 0 Å². The quantitative estimate of drug-likeness (QED) is 0.897. The third kappa shape index (κ3) is 2.74. The fourth-order valence-corrected chi connectivity index (χ4v) is 2.16. The zero-order valence-electron chi connectivity index (χ0n) is 10.1. The van der Waals surface area contributed by atoms with Crippen molar-refractivity contribution < 1.29 is 0 Å². The van der Waals surface area contributed by atoms with Crippen molar-refractivity contribution in [3.63, 3.8) is 0 Å². The molecule has 4 heteroatoms. The van der Waals surface area contributed by atoms with Gasteiger partial charge >= 0.3 is 0 Å². The van der Waals surface area contributed by atoms with Crippen molar-refractivity contribution in [3.05, 3.63) is 41.8 Å². The highest BCUT2D eigenvalue weighted by Gasteiger charge is 2.19. The number of hydrogen-bond donors (Lipinski definition) is 1. The van der Waals surface area contributed by atoms with Gasteiger partial charge in [0.05, 0.1) is 18.2 Å². The fraction of sp³-hybridized carbons (Fsp3) is 0.357. The molecule has 1 aliphatic carbocycles. The molecule has 1 heterocycles. The van der Waals surface area contributed by atoms with E-state index in [4.69, 9.17) is 11.6 Å². The molecule has 1 aliphatic rings. The first-order chi connectivity index (χ1) is 8.83. The average molecular weight is 262 g/mol.